The Morgan fingerprint density at radius 3 is 2.62 bits per heavy atom. The van der Waals surface area contributed by atoms with Crippen LogP contribution in [0.15, 0.2) is 77.4 Å². The molecule has 1 aromatic heterocycles. The fourth-order valence-electron chi connectivity index (χ4n) is 3.90. The standard InChI is InChI=1S/C26H25BrN2O3/c1-3-32-24-13-12-17(14-25(24)31-2)20(21-16-28-23-11-7-5-8-18(21)23)15-29-26(30)19-9-4-6-10-22(19)27/h4-14,16,20,28H,3,15H2,1-2H3,(H,29,30)/t20-/m0/s1. The summed E-state index contributed by atoms with van der Waals surface area (Å²) in [5.74, 6) is 1.17. The topological polar surface area (TPSA) is 63.3 Å². The van der Waals surface area contributed by atoms with Crippen LogP contribution in [0.2, 0.25) is 0 Å². The number of aromatic amines is 1. The van der Waals surface area contributed by atoms with E-state index in [9.17, 15) is 4.79 Å². The van der Waals surface area contributed by atoms with E-state index >= 15 is 0 Å². The second kappa shape index (κ2) is 9.92. The van der Waals surface area contributed by atoms with E-state index in [1.807, 2.05) is 67.7 Å². The van der Waals surface area contributed by atoms with E-state index in [1.165, 1.54) is 0 Å². The van der Waals surface area contributed by atoms with Crippen molar-refractivity contribution in [3.63, 3.8) is 0 Å². The normalized spacial score (nSPS) is 11.8. The van der Waals surface area contributed by atoms with Gasteiger partial charge in [0.2, 0.25) is 0 Å². The first-order valence-corrected chi connectivity index (χ1v) is 11.3. The third-order valence-electron chi connectivity index (χ3n) is 5.47. The molecule has 2 N–H and O–H groups in total. The second-order valence-corrected chi connectivity index (χ2v) is 8.23. The van der Waals surface area contributed by atoms with Crippen molar-refractivity contribution >= 4 is 32.7 Å². The molecule has 0 aliphatic heterocycles. The highest BCUT2D eigenvalue weighted by molar-refractivity contribution is 9.10. The van der Waals surface area contributed by atoms with Gasteiger partial charge in [-0.1, -0.05) is 36.4 Å². The number of halogens is 1. The van der Waals surface area contributed by atoms with Crippen molar-refractivity contribution in [2.75, 3.05) is 20.3 Å². The molecule has 4 aromatic rings. The Balaban J connectivity index is 1.71. The number of hydrogen-bond acceptors (Lipinski definition) is 3. The predicted octanol–water partition coefficient (Wildman–Crippen LogP) is 5.90. The zero-order valence-corrected chi connectivity index (χ0v) is 19.6. The minimum Gasteiger partial charge on any atom is -0.493 e. The molecule has 0 saturated heterocycles. The summed E-state index contributed by atoms with van der Waals surface area (Å²) in [4.78, 5) is 16.3. The van der Waals surface area contributed by atoms with Gasteiger partial charge in [0.1, 0.15) is 0 Å². The lowest BCUT2D eigenvalue weighted by atomic mass is 9.90. The van der Waals surface area contributed by atoms with Crippen molar-refractivity contribution in [2.24, 2.45) is 0 Å². The molecule has 1 amide bonds. The molecule has 0 bridgehead atoms. The molecular formula is C26H25BrN2O3. The SMILES string of the molecule is CCOc1ccc([C@H](CNC(=O)c2ccccc2Br)c2c[nH]c3ccccc23)cc1OC. The number of carbonyl (C=O) groups is 1. The number of amides is 1. The zero-order chi connectivity index (χ0) is 22.5. The van der Waals surface area contributed by atoms with Crippen LogP contribution in [-0.2, 0) is 0 Å². The van der Waals surface area contributed by atoms with Gasteiger partial charge in [-0.25, -0.2) is 0 Å². The average molecular weight is 493 g/mol. The molecule has 4 rings (SSSR count). The van der Waals surface area contributed by atoms with Gasteiger partial charge in [0.25, 0.3) is 5.91 Å². The lowest BCUT2D eigenvalue weighted by Gasteiger charge is -2.20. The van der Waals surface area contributed by atoms with Crippen molar-refractivity contribution in [1.29, 1.82) is 0 Å². The van der Waals surface area contributed by atoms with Gasteiger partial charge in [0.05, 0.1) is 19.3 Å². The van der Waals surface area contributed by atoms with Crippen molar-refractivity contribution in [3.05, 3.63) is 94.1 Å². The molecule has 0 aliphatic rings. The van der Waals surface area contributed by atoms with Crippen LogP contribution < -0.4 is 14.8 Å². The van der Waals surface area contributed by atoms with Crippen LogP contribution in [0.5, 0.6) is 11.5 Å². The summed E-state index contributed by atoms with van der Waals surface area (Å²) in [6, 6.07) is 21.5. The Hall–Kier alpha value is -3.25. The molecule has 0 saturated carbocycles. The summed E-state index contributed by atoms with van der Waals surface area (Å²) >= 11 is 3.47. The fourth-order valence-corrected chi connectivity index (χ4v) is 4.37. The summed E-state index contributed by atoms with van der Waals surface area (Å²) in [6.07, 6.45) is 2.02. The highest BCUT2D eigenvalue weighted by atomic mass is 79.9. The van der Waals surface area contributed by atoms with Crippen molar-refractivity contribution in [2.45, 2.75) is 12.8 Å². The molecule has 1 heterocycles. The number of benzene rings is 3. The molecule has 5 nitrogen and oxygen atoms in total. The molecule has 3 aromatic carbocycles. The van der Waals surface area contributed by atoms with E-state index in [0.29, 0.717) is 30.2 Å². The van der Waals surface area contributed by atoms with E-state index in [-0.39, 0.29) is 11.8 Å². The van der Waals surface area contributed by atoms with E-state index in [1.54, 1.807) is 13.2 Å². The third-order valence-corrected chi connectivity index (χ3v) is 6.16. The summed E-state index contributed by atoms with van der Waals surface area (Å²) in [6.45, 7) is 2.93. The Morgan fingerprint density at radius 1 is 1.06 bits per heavy atom. The van der Waals surface area contributed by atoms with Crippen LogP contribution in [0.3, 0.4) is 0 Å². The quantitative estimate of drug-likeness (QED) is 0.321. The lowest BCUT2D eigenvalue weighted by Crippen LogP contribution is -2.29. The highest BCUT2D eigenvalue weighted by Gasteiger charge is 2.21. The molecule has 6 heteroatoms. The Kier molecular flexibility index (Phi) is 6.81. The largest absolute Gasteiger partial charge is 0.493 e. The Labute approximate surface area is 195 Å². The minimum atomic E-state index is -0.125. The summed E-state index contributed by atoms with van der Waals surface area (Å²) in [7, 11) is 1.64. The van der Waals surface area contributed by atoms with Gasteiger partial charge in [-0.05, 0) is 64.3 Å². The molecule has 0 aliphatic carbocycles. The maximum absolute atomic E-state index is 12.9. The van der Waals surface area contributed by atoms with E-state index in [0.717, 1.165) is 26.5 Å². The molecule has 32 heavy (non-hydrogen) atoms. The lowest BCUT2D eigenvalue weighted by molar-refractivity contribution is 0.0951. The molecule has 164 valence electrons. The predicted molar refractivity (Wildman–Crippen MR) is 131 cm³/mol. The number of methoxy groups -OCH3 is 1. The fraction of sp³-hybridized carbons (Fsp3) is 0.192. The summed E-state index contributed by atoms with van der Waals surface area (Å²) in [5, 5.41) is 4.24. The number of para-hydroxylation sites is 1. The van der Waals surface area contributed by atoms with Gasteiger partial charge >= 0.3 is 0 Å². The first-order chi connectivity index (χ1) is 15.6. The van der Waals surface area contributed by atoms with Gasteiger partial charge in [0.15, 0.2) is 11.5 Å². The number of hydrogen-bond donors (Lipinski definition) is 2. The number of ether oxygens (including phenoxy) is 2. The summed E-state index contributed by atoms with van der Waals surface area (Å²) < 4.78 is 12.0. The molecule has 0 unspecified atom stereocenters. The van der Waals surface area contributed by atoms with E-state index in [2.05, 4.69) is 32.3 Å². The maximum Gasteiger partial charge on any atom is 0.252 e. The average Bonchev–Trinajstić information content (AvgIpc) is 3.24. The highest BCUT2D eigenvalue weighted by Crippen LogP contribution is 2.36. The van der Waals surface area contributed by atoms with Crippen molar-refractivity contribution in [1.82, 2.24) is 10.3 Å². The first kappa shape index (κ1) is 22.0. The Morgan fingerprint density at radius 2 is 1.84 bits per heavy atom. The molecule has 1 atom stereocenters. The van der Waals surface area contributed by atoms with Crippen LogP contribution in [0.25, 0.3) is 10.9 Å². The van der Waals surface area contributed by atoms with Crippen LogP contribution in [0.1, 0.15) is 34.3 Å². The molecule has 0 fully saturated rings. The van der Waals surface area contributed by atoms with Crippen LogP contribution in [0, 0.1) is 0 Å². The Bertz CT molecular complexity index is 1230. The van der Waals surface area contributed by atoms with Crippen LogP contribution >= 0.6 is 15.9 Å². The third kappa shape index (κ3) is 4.50. The summed E-state index contributed by atoms with van der Waals surface area (Å²) in [5.41, 5.74) is 3.80. The monoisotopic (exact) mass is 492 g/mol. The van der Waals surface area contributed by atoms with Crippen LogP contribution in [-0.4, -0.2) is 31.2 Å². The van der Waals surface area contributed by atoms with Gasteiger partial charge in [-0.2, -0.15) is 0 Å². The van der Waals surface area contributed by atoms with E-state index in [4.69, 9.17) is 9.47 Å². The number of H-pyrrole nitrogens is 1. The number of aromatic nitrogens is 1. The van der Waals surface area contributed by atoms with Crippen LogP contribution in [0.4, 0.5) is 0 Å². The number of nitrogens with one attached hydrogen (secondary N) is 2. The number of carbonyl (C=O) groups excluding carboxylic acids is 1. The van der Waals surface area contributed by atoms with Gasteiger partial charge in [-0.15, -0.1) is 0 Å². The smallest absolute Gasteiger partial charge is 0.252 e. The maximum atomic E-state index is 12.9. The van der Waals surface area contributed by atoms with Gasteiger partial charge in [0, 0.05) is 34.0 Å². The molecular weight excluding hydrogens is 468 g/mol. The molecule has 0 radical (unpaired) electrons. The molecule has 0 spiro atoms. The number of fused-ring (bicyclic) bond motifs is 1. The van der Waals surface area contributed by atoms with E-state index < -0.39 is 0 Å². The first-order valence-electron chi connectivity index (χ1n) is 10.5. The zero-order valence-electron chi connectivity index (χ0n) is 18.0. The van der Waals surface area contributed by atoms with Crippen molar-refractivity contribution < 1.29 is 14.3 Å². The number of rotatable bonds is 8. The minimum absolute atomic E-state index is 0.0813. The van der Waals surface area contributed by atoms with Crippen molar-refractivity contribution in [3.8, 4) is 11.5 Å². The second-order valence-electron chi connectivity index (χ2n) is 7.38. The van der Waals surface area contributed by atoms with Gasteiger partial charge < -0.3 is 19.8 Å². The van der Waals surface area contributed by atoms with Gasteiger partial charge in [-0.3, -0.25) is 4.79 Å².